The van der Waals surface area contributed by atoms with Gasteiger partial charge in [0.25, 0.3) is 0 Å². The van der Waals surface area contributed by atoms with E-state index in [0.717, 1.165) is 25.9 Å². The lowest BCUT2D eigenvalue weighted by Crippen LogP contribution is -2.51. The quantitative estimate of drug-likeness (QED) is 0.476. The fraction of sp³-hybridized carbons (Fsp3) is 0.333. The summed E-state index contributed by atoms with van der Waals surface area (Å²) in [7, 11) is 0. The van der Waals surface area contributed by atoms with Crippen molar-refractivity contribution in [1.82, 2.24) is 0 Å². The number of fused-ring (bicyclic) bond motifs is 3. The van der Waals surface area contributed by atoms with Crippen molar-refractivity contribution in [3.05, 3.63) is 39.6 Å². The second kappa shape index (κ2) is 5.78. The van der Waals surface area contributed by atoms with Crippen molar-refractivity contribution in [1.29, 1.82) is 0 Å². The Morgan fingerprint density at radius 2 is 1.63 bits per heavy atom. The van der Waals surface area contributed by atoms with Crippen molar-refractivity contribution >= 4 is 58.5 Å². The highest BCUT2D eigenvalue weighted by Crippen LogP contribution is 2.48. The van der Waals surface area contributed by atoms with Gasteiger partial charge in [-0.25, -0.2) is 0 Å². The Morgan fingerprint density at radius 1 is 0.926 bits per heavy atom. The summed E-state index contributed by atoms with van der Waals surface area (Å²) in [6.45, 7) is 4.05. The molecule has 3 nitrogen and oxygen atoms in total. The highest BCUT2D eigenvalue weighted by atomic mass is 32.1. The molecule has 4 aromatic rings. The first-order valence-electron chi connectivity index (χ1n) is 9.39. The van der Waals surface area contributed by atoms with Gasteiger partial charge in [-0.15, -0.1) is 34.0 Å². The topological polar surface area (TPSA) is 55.3 Å². The van der Waals surface area contributed by atoms with E-state index in [-0.39, 0.29) is 12.1 Å². The molecule has 0 bridgehead atoms. The van der Waals surface area contributed by atoms with E-state index in [1.165, 1.54) is 51.6 Å². The van der Waals surface area contributed by atoms with E-state index in [1.807, 2.05) is 34.0 Å². The number of benzene rings is 1. The van der Waals surface area contributed by atoms with Crippen molar-refractivity contribution in [3.8, 4) is 11.1 Å². The fourth-order valence-electron chi connectivity index (χ4n) is 4.79. The standard InChI is InChI=1S/C21H21N3S3/c1-10-2-17-20(26-10)21-19(27-17)16(9-25-21)11-3-12-5-14(22)7-24-8-15(23)6-13(4-11)18(12)24/h2-4,9,14-15H,5-8,22-23H2,1H3. The number of hydrogen-bond acceptors (Lipinski definition) is 6. The summed E-state index contributed by atoms with van der Waals surface area (Å²) >= 11 is 5.74. The lowest BCUT2D eigenvalue weighted by molar-refractivity contribution is 0.535. The number of anilines is 1. The molecule has 3 aromatic heterocycles. The monoisotopic (exact) mass is 411 g/mol. The molecule has 27 heavy (non-hydrogen) atoms. The number of nitrogens with zero attached hydrogens (tertiary/aromatic N) is 1. The molecule has 2 unspecified atom stereocenters. The van der Waals surface area contributed by atoms with Gasteiger partial charge in [-0.1, -0.05) is 0 Å². The summed E-state index contributed by atoms with van der Waals surface area (Å²) < 4.78 is 5.77. The van der Waals surface area contributed by atoms with Crippen LogP contribution in [0.1, 0.15) is 16.0 Å². The van der Waals surface area contributed by atoms with Crippen LogP contribution in [0.3, 0.4) is 0 Å². The SMILES string of the molecule is Cc1cc2sc3c(-c4cc5c6c(c4)CC(N)CN6CC(N)C5)csc3c2s1. The molecule has 4 N–H and O–H groups in total. The molecule has 0 spiro atoms. The van der Waals surface area contributed by atoms with Gasteiger partial charge >= 0.3 is 0 Å². The highest BCUT2D eigenvalue weighted by Gasteiger charge is 2.31. The van der Waals surface area contributed by atoms with Crippen LogP contribution in [-0.2, 0) is 12.8 Å². The van der Waals surface area contributed by atoms with Crippen LogP contribution in [0.25, 0.3) is 29.9 Å². The van der Waals surface area contributed by atoms with Crippen LogP contribution in [0.2, 0.25) is 0 Å². The van der Waals surface area contributed by atoms with Crippen LogP contribution < -0.4 is 16.4 Å². The molecule has 5 heterocycles. The lowest BCUT2D eigenvalue weighted by Gasteiger charge is -2.41. The molecule has 1 aromatic carbocycles. The summed E-state index contributed by atoms with van der Waals surface area (Å²) in [5.41, 5.74) is 19.7. The molecule has 0 amide bonds. The van der Waals surface area contributed by atoms with Gasteiger partial charge in [-0.05, 0) is 54.7 Å². The number of rotatable bonds is 1. The average molecular weight is 412 g/mol. The second-order valence-corrected chi connectivity index (χ2v) is 11.1. The number of nitrogens with two attached hydrogens (primary N) is 2. The zero-order valence-electron chi connectivity index (χ0n) is 15.1. The molecule has 0 saturated carbocycles. The Bertz CT molecular complexity index is 1160. The van der Waals surface area contributed by atoms with Gasteiger partial charge in [0.1, 0.15) is 0 Å². The van der Waals surface area contributed by atoms with E-state index in [2.05, 4.69) is 35.4 Å². The summed E-state index contributed by atoms with van der Waals surface area (Å²) in [4.78, 5) is 3.82. The number of thiophene rings is 3. The van der Waals surface area contributed by atoms with Gasteiger partial charge in [-0.2, -0.15) is 0 Å². The van der Waals surface area contributed by atoms with Crippen LogP contribution in [-0.4, -0.2) is 25.2 Å². The van der Waals surface area contributed by atoms with E-state index in [4.69, 9.17) is 11.5 Å². The van der Waals surface area contributed by atoms with E-state index in [0.29, 0.717) is 0 Å². The van der Waals surface area contributed by atoms with Crippen LogP contribution in [0.15, 0.2) is 23.6 Å². The van der Waals surface area contributed by atoms with Gasteiger partial charge in [0.05, 0.1) is 14.1 Å². The Labute approximate surface area is 170 Å². The van der Waals surface area contributed by atoms with Crippen LogP contribution in [0.5, 0.6) is 0 Å². The van der Waals surface area contributed by atoms with E-state index >= 15 is 0 Å². The molecular weight excluding hydrogens is 390 g/mol. The van der Waals surface area contributed by atoms with Crippen molar-refractivity contribution in [2.45, 2.75) is 31.8 Å². The minimum absolute atomic E-state index is 0.198. The maximum Gasteiger partial charge on any atom is 0.0635 e. The van der Waals surface area contributed by atoms with Crippen LogP contribution in [0.4, 0.5) is 5.69 Å². The van der Waals surface area contributed by atoms with Crippen molar-refractivity contribution in [2.24, 2.45) is 11.5 Å². The van der Waals surface area contributed by atoms with E-state index in [1.54, 1.807) is 0 Å². The third kappa shape index (κ3) is 2.44. The highest BCUT2D eigenvalue weighted by molar-refractivity contribution is 7.38. The first kappa shape index (κ1) is 16.5. The van der Waals surface area contributed by atoms with Crippen LogP contribution in [0, 0.1) is 6.92 Å². The largest absolute Gasteiger partial charge is 0.368 e. The van der Waals surface area contributed by atoms with E-state index < -0.39 is 0 Å². The van der Waals surface area contributed by atoms with Crippen LogP contribution >= 0.6 is 34.0 Å². The first-order chi connectivity index (χ1) is 13.1. The van der Waals surface area contributed by atoms with Crippen molar-refractivity contribution in [3.63, 3.8) is 0 Å². The smallest absolute Gasteiger partial charge is 0.0635 e. The molecule has 0 saturated heterocycles. The minimum Gasteiger partial charge on any atom is -0.368 e. The normalized spacial score (nSPS) is 22.0. The first-order valence-corrected chi connectivity index (χ1v) is 11.9. The molecule has 6 heteroatoms. The van der Waals surface area contributed by atoms with Gasteiger partial charge in [0.2, 0.25) is 0 Å². The number of hydrogen-bond donors (Lipinski definition) is 2. The Morgan fingerprint density at radius 3 is 2.33 bits per heavy atom. The predicted molar refractivity (Wildman–Crippen MR) is 121 cm³/mol. The maximum absolute atomic E-state index is 6.37. The summed E-state index contributed by atoms with van der Waals surface area (Å²) in [6, 6.07) is 7.50. The third-order valence-corrected chi connectivity index (χ3v) is 9.38. The number of aryl methyl sites for hydroxylation is 1. The third-order valence-electron chi connectivity index (χ3n) is 5.75. The summed E-state index contributed by atoms with van der Waals surface area (Å²) in [5.74, 6) is 0. The summed E-state index contributed by atoms with van der Waals surface area (Å²) in [6.07, 6.45) is 1.93. The lowest BCUT2D eigenvalue weighted by atomic mass is 9.86. The summed E-state index contributed by atoms with van der Waals surface area (Å²) in [5, 5.41) is 2.34. The van der Waals surface area contributed by atoms with Gasteiger partial charge < -0.3 is 16.4 Å². The maximum atomic E-state index is 6.37. The van der Waals surface area contributed by atoms with Crippen molar-refractivity contribution < 1.29 is 0 Å². The minimum atomic E-state index is 0.198. The molecule has 2 aliphatic rings. The predicted octanol–water partition coefficient (Wildman–Crippen LogP) is 4.73. The van der Waals surface area contributed by atoms with Gasteiger partial charge in [0, 0.05) is 51.4 Å². The Kier molecular flexibility index (Phi) is 3.53. The van der Waals surface area contributed by atoms with Gasteiger partial charge in [-0.3, -0.25) is 0 Å². The fourth-order valence-corrected chi connectivity index (χ4v) is 8.77. The Balaban J connectivity index is 1.56. The van der Waals surface area contributed by atoms with Crippen molar-refractivity contribution in [2.75, 3.05) is 18.0 Å². The molecule has 0 radical (unpaired) electrons. The molecular formula is C21H21N3S3. The van der Waals surface area contributed by atoms with E-state index in [9.17, 15) is 0 Å². The zero-order chi connectivity index (χ0) is 18.3. The Hall–Kier alpha value is -1.44. The molecule has 0 fully saturated rings. The molecule has 2 aliphatic heterocycles. The average Bonchev–Trinajstić information content (AvgIpc) is 3.24. The second-order valence-electron chi connectivity index (χ2n) is 7.94. The zero-order valence-corrected chi connectivity index (χ0v) is 17.6. The van der Waals surface area contributed by atoms with Gasteiger partial charge in [0.15, 0.2) is 0 Å². The molecule has 6 rings (SSSR count). The molecule has 0 aliphatic carbocycles. The molecule has 138 valence electrons. The molecule has 2 atom stereocenters.